The Morgan fingerprint density at radius 3 is 2.31 bits per heavy atom. The molecule has 0 amide bonds. The Kier molecular flexibility index (Phi) is 4.89. The fraction of sp³-hybridized carbons (Fsp3) is 0.125. The molecule has 0 atom stereocenters. The van der Waals surface area contributed by atoms with Crippen LogP contribution in [0.2, 0.25) is 0 Å². The molecule has 0 spiro atoms. The molecule has 6 nitrogen and oxygen atoms in total. The Labute approximate surface area is 182 Å². The summed E-state index contributed by atoms with van der Waals surface area (Å²) >= 11 is 0. The molecule has 0 radical (unpaired) electrons. The van der Waals surface area contributed by atoms with Gasteiger partial charge in [0.15, 0.2) is 5.82 Å². The summed E-state index contributed by atoms with van der Waals surface area (Å²) in [5.41, 5.74) is 1.23. The van der Waals surface area contributed by atoms with Gasteiger partial charge >= 0.3 is 0 Å². The van der Waals surface area contributed by atoms with Crippen molar-refractivity contribution in [2.75, 3.05) is 4.90 Å². The van der Waals surface area contributed by atoms with Crippen LogP contribution >= 0.6 is 0 Å². The van der Waals surface area contributed by atoms with E-state index in [-0.39, 0.29) is 24.5 Å². The van der Waals surface area contributed by atoms with E-state index in [4.69, 9.17) is 0 Å². The van der Waals surface area contributed by atoms with Crippen LogP contribution < -0.4 is 10.5 Å². The number of hydrogen-bond donors (Lipinski definition) is 0. The van der Waals surface area contributed by atoms with Gasteiger partial charge in [0, 0.05) is 19.2 Å². The number of aryl methyl sites for hydroxylation is 1. The van der Waals surface area contributed by atoms with Crippen LogP contribution in [-0.4, -0.2) is 19.2 Å². The van der Waals surface area contributed by atoms with Gasteiger partial charge in [0.25, 0.3) is 5.56 Å². The average Bonchev–Trinajstić information content (AvgIpc) is 3.23. The highest BCUT2D eigenvalue weighted by Crippen LogP contribution is 2.25. The first-order valence-corrected chi connectivity index (χ1v) is 10.1. The van der Waals surface area contributed by atoms with Crippen LogP contribution in [-0.2, 0) is 20.1 Å². The minimum absolute atomic E-state index is 0.131. The molecule has 0 saturated heterocycles. The van der Waals surface area contributed by atoms with E-state index in [9.17, 15) is 13.6 Å². The molecule has 0 aliphatic rings. The SMILES string of the molecule is Cn1c(=O)c2ccccc2n2c(CN(Cc3ccccc3F)c3ccccc3F)nnc12. The number of nitrogens with zero attached hydrogens (tertiary/aromatic N) is 5. The number of benzene rings is 3. The molecule has 0 aliphatic carbocycles. The molecule has 3 aromatic carbocycles. The van der Waals surface area contributed by atoms with E-state index >= 15 is 0 Å². The Bertz CT molecular complexity index is 1510. The van der Waals surface area contributed by atoms with Crippen molar-refractivity contribution >= 4 is 22.4 Å². The van der Waals surface area contributed by atoms with Crippen molar-refractivity contribution in [3.05, 3.63) is 106 Å². The second-order valence-corrected chi connectivity index (χ2v) is 7.53. The predicted molar refractivity (Wildman–Crippen MR) is 118 cm³/mol. The maximum absolute atomic E-state index is 14.7. The monoisotopic (exact) mass is 431 g/mol. The van der Waals surface area contributed by atoms with Crippen molar-refractivity contribution in [3.8, 4) is 0 Å². The van der Waals surface area contributed by atoms with Gasteiger partial charge in [0.1, 0.15) is 11.6 Å². The minimum Gasteiger partial charge on any atom is -0.357 e. The third kappa shape index (κ3) is 3.30. The van der Waals surface area contributed by atoms with Crippen molar-refractivity contribution in [1.29, 1.82) is 0 Å². The van der Waals surface area contributed by atoms with Gasteiger partial charge in [0.2, 0.25) is 5.78 Å². The summed E-state index contributed by atoms with van der Waals surface area (Å²) in [6, 6.07) is 20.0. The van der Waals surface area contributed by atoms with E-state index in [1.807, 2.05) is 12.1 Å². The first-order valence-electron chi connectivity index (χ1n) is 10.1. The zero-order valence-corrected chi connectivity index (χ0v) is 17.2. The minimum atomic E-state index is -0.421. The summed E-state index contributed by atoms with van der Waals surface area (Å²) in [4.78, 5) is 14.4. The van der Waals surface area contributed by atoms with E-state index in [2.05, 4.69) is 10.2 Å². The smallest absolute Gasteiger partial charge is 0.262 e. The molecule has 0 bridgehead atoms. The zero-order chi connectivity index (χ0) is 22.2. The quantitative estimate of drug-likeness (QED) is 0.421. The van der Waals surface area contributed by atoms with Gasteiger partial charge in [-0.15, -0.1) is 10.2 Å². The average molecular weight is 431 g/mol. The molecule has 0 N–H and O–H groups in total. The second-order valence-electron chi connectivity index (χ2n) is 7.53. The van der Waals surface area contributed by atoms with Crippen molar-refractivity contribution in [3.63, 3.8) is 0 Å². The van der Waals surface area contributed by atoms with E-state index < -0.39 is 5.82 Å². The Morgan fingerprint density at radius 1 is 0.844 bits per heavy atom. The highest BCUT2D eigenvalue weighted by molar-refractivity contribution is 5.80. The highest BCUT2D eigenvalue weighted by atomic mass is 19.1. The van der Waals surface area contributed by atoms with E-state index in [1.54, 1.807) is 64.9 Å². The number of fused-ring (bicyclic) bond motifs is 3. The second kappa shape index (κ2) is 7.88. The van der Waals surface area contributed by atoms with Crippen LogP contribution in [0.4, 0.5) is 14.5 Å². The fourth-order valence-corrected chi connectivity index (χ4v) is 3.93. The van der Waals surface area contributed by atoms with Crippen LogP contribution in [0.1, 0.15) is 11.4 Å². The molecule has 2 aromatic heterocycles. The normalized spacial score (nSPS) is 11.3. The Hall–Kier alpha value is -4.07. The number of rotatable bonds is 5. The molecule has 0 saturated carbocycles. The number of hydrogen-bond acceptors (Lipinski definition) is 4. The van der Waals surface area contributed by atoms with Crippen LogP contribution in [0.25, 0.3) is 16.7 Å². The summed E-state index contributed by atoms with van der Waals surface area (Å²) in [5, 5.41) is 9.03. The van der Waals surface area contributed by atoms with Gasteiger partial charge in [0.05, 0.1) is 23.1 Å². The lowest BCUT2D eigenvalue weighted by molar-refractivity contribution is 0.590. The third-order valence-corrected chi connectivity index (χ3v) is 5.54. The number of para-hydroxylation sites is 2. The number of aromatic nitrogens is 4. The molecule has 32 heavy (non-hydrogen) atoms. The summed E-state index contributed by atoms with van der Waals surface area (Å²) in [5.74, 6) is 0.0946. The van der Waals surface area contributed by atoms with Crippen molar-refractivity contribution < 1.29 is 8.78 Å². The van der Waals surface area contributed by atoms with Gasteiger partial charge in [-0.1, -0.05) is 42.5 Å². The molecule has 2 heterocycles. The first kappa shape index (κ1) is 19.9. The summed E-state index contributed by atoms with van der Waals surface area (Å²) in [7, 11) is 1.64. The summed E-state index contributed by atoms with van der Waals surface area (Å²) in [6.45, 7) is 0.283. The molecule has 5 aromatic rings. The van der Waals surface area contributed by atoms with Crippen molar-refractivity contribution in [2.24, 2.45) is 7.05 Å². The maximum atomic E-state index is 14.7. The third-order valence-electron chi connectivity index (χ3n) is 5.54. The molecule has 8 heteroatoms. The molecular formula is C24H19F2N5O. The highest BCUT2D eigenvalue weighted by Gasteiger charge is 2.20. The Balaban J connectivity index is 1.67. The van der Waals surface area contributed by atoms with Gasteiger partial charge < -0.3 is 4.90 Å². The topological polar surface area (TPSA) is 55.4 Å². The fourth-order valence-electron chi connectivity index (χ4n) is 3.93. The lowest BCUT2D eigenvalue weighted by Crippen LogP contribution is -2.26. The largest absolute Gasteiger partial charge is 0.357 e. The summed E-state index contributed by atoms with van der Waals surface area (Å²) < 4.78 is 32.4. The van der Waals surface area contributed by atoms with Gasteiger partial charge in [-0.25, -0.2) is 8.78 Å². The maximum Gasteiger partial charge on any atom is 0.262 e. The molecule has 160 valence electrons. The Morgan fingerprint density at radius 2 is 1.53 bits per heavy atom. The number of anilines is 1. The summed E-state index contributed by atoms with van der Waals surface area (Å²) in [6.07, 6.45) is 0. The van der Waals surface area contributed by atoms with Crippen LogP contribution in [0.3, 0.4) is 0 Å². The number of halogens is 2. The van der Waals surface area contributed by atoms with Gasteiger partial charge in [-0.05, 0) is 30.3 Å². The molecule has 5 rings (SSSR count). The van der Waals surface area contributed by atoms with E-state index in [1.165, 1.54) is 16.7 Å². The molecule has 0 unspecified atom stereocenters. The van der Waals surface area contributed by atoms with E-state index in [0.717, 1.165) is 0 Å². The molecule has 0 aliphatic heterocycles. The predicted octanol–water partition coefficient (Wildman–Crippen LogP) is 4.07. The first-order chi connectivity index (χ1) is 15.5. The van der Waals surface area contributed by atoms with Gasteiger partial charge in [-0.3, -0.25) is 13.8 Å². The lowest BCUT2D eigenvalue weighted by atomic mass is 10.1. The van der Waals surface area contributed by atoms with Crippen molar-refractivity contribution in [1.82, 2.24) is 19.2 Å². The van der Waals surface area contributed by atoms with Crippen molar-refractivity contribution in [2.45, 2.75) is 13.1 Å². The molecular weight excluding hydrogens is 412 g/mol. The molecule has 0 fully saturated rings. The standard InChI is InChI=1S/C24H19F2N5O/c1-29-23(32)17-9-3-6-12-20(17)31-22(27-28-24(29)31)15-30(21-13-7-5-11-19(21)26)14-16-8-2-4-10-18(16)25/h2-13H,14-15H2,1H3. The van der Waals surface area contributed by atoms with Gasteiger partial charge in [-0.2, -0.15) is 0 Å². The lowest BCUT2D eigenvalue weighted by Gasteiger charge is -2.25. The van der Waals surface area contributed by atoms with Crippen LogP contribution in [0.5, 0.6) is 0 Å². The zero-order valence-electron chi connectivity index (χ0n) is 17.2. The van der Waals surface area contributed by atoms with Crippen LogP contribution in [0.15, 0.2) is 77.6 Å². The van der Waals surface area contributed by atoms with E-state index in [0.29, 0.717) is 33.8 Å². The van der Waals surface area contributed by atoms with Crippen LogP contribution in [0, 0.1) is 11.6 Å².